The van der Waals surface area contributed by atoms with Crippen molar-refractivity contribution in [2.75, 3.05) is 17.2 Å². The Kier molecular flexibility index (Phi) is 6.65. The van der Waals surface area contributed by atoms with E-state index in [4.69, 9.17) is 4.74 Å². The Balaban J connectivity index is 1.44. The zero-order valence-electron chi connectivity index (χ0n) is 14.9. The molecule has 3 rings (SSSR count). The van der Waals surface area contributed by atoms with Crippen molar-refractivity contribution in [1.29, 1.82) is 0 Å². The minimum atomic E-state index is -2.94. The van der Waals surface area contributed by atoms with Crippen molar-refractivity contribution in [3.05, 3.63) is 48.5 Å². The molecule has 1 aliphatic rings. The quantitative estimate of drug-likeness (QED) is 0.666. The van der Waals surface area contributed by atoms with E-state index in [1.807, 2.05) is 12.1 Å². The van der Waals surface area contributed by atoms with Gasteiger partial charge in [0.25, 0.3) is 5.91 Å². The van der Waals surface area contributed by atoms with Crippen LogP contribution in [0.1, 0.15) is 6.42 Å². The van der Waals surface area contributed by atoms with E-state index in [1.54, 1.807) is 12.1 Å². The number of rotatable bonds is 7. The summed E-state index contributed by atoms with van der Waals surface area (Å²) in [6.45, 7) is -3.48. The lowest BCUT2D eigenvalue weighted by molar-refractivity contribution is -0.147. The number of hydrogen-bond donors (Lipinski definition) is 2. The van der Waals surface area contributed by atoms with E-state index in [2.05, 4.69) is 15.4 Å². The standard InChI is InChI=1S/C19H16F2N2O5S/c20-19(21)28-12-7-5-11(6-8-12)22-16(24)10-27-17(25)9-15-18(26)23-13-3-1-2-4-14(13)29-15/h1-8,15,19H,9-10H2,(H,22,24)(H,23,26)/t15-/m1/s1. The number of thioether (sulfide) groups is 1. The number of halogens is 2. The maximum atomic E-state index is 12.1. The molecule has 29 heavy (non-hydrogen) atoms. The zero-order valence-corrected chi connectivity index (χ0v) is 15.7. The monoisotopic (exact) mass is 422 g/mol. The summed E-state index contributed by atoms with van der Waals surface area (Å²) in [5, 5.41) is 4.53. The fourth-order valence-electron chi connectivity index (χ4n) is 2.50. The van der Waals surface area contributed by atoms with Crippen molar-refractivity contribution in [3.63, 3.8) is 0 Å². The molecule has 10 heteroatoms. The Morgan fingerprint density at radius 2 is 1.86 bits per heavy atom. The van der Waals surface area contributed by atoms with Gasteiger partial charge in [0, 0.05) is 10.6 Å². The largest absolute Gasteiger partial charge is 0.456 e. The molecule has 1 heterocycles. The Hall–Kier alpha value is -3.14. The first kappa shape index (κ1) is 20.6. The van der Waals surface area contributed by atoms with Crippen LogP contribution >= 0.6 is 11.8 Å². The number of hydrogen-bond acceptors (Lipinski definition) is 6. The second-order valence-electron chi connectivity index (χ2n) is 5.91. The molecule has 0 spiro atoms. The Labute approximate surface area is 168 Å². The fourth-order valence-corrected chi connectivity index (χ4v) is 3.60. The van der Waals surface area contributed by atoms with Crippen LogP contribution in [0, 0.1) is 0 Å². The van der Waals surface area contributed by atoms with E-state index >= 15 is 0 Å². The van der Waals surface area contributed by atoms with Gasteiger partial charge in [0.15, 0.2) is 6.61 Å². The van der Waals surface area contributed by atoms with Crippen molar-refractivity contribution in [1.82, 2.24) is 0 Å². The summed E-state index contributed by atoms with van der Waals surface area (Å²) < 4.78 is 33.3. The van der Waals surface area contributed by atoms with Gasteiger partial charge in [-0.1, -0.05) is 12.1 Å². The van der Waals surface area contributed by atoms with Crippen LogP contribution in [0.15, 0.2) is 53.4 Å². The number of nitrogens with one attached hydrogen (secondary N) is 2. The van der Waals surface area contributed by atoms with Crippen LogP contribution in [0.25, 0.3) is 0 Å². The Bertz CT molecular complexity index is 908. The van der Waals surface area contributed by atoms with Gasteiger partial charge < -0.3 is 20.1 Å². The molecule has 0 aromatic heterocycles. The second kappa shape index (κ2) is 9.37. The number of carbonyl (C=O) groups excluding carboxylic acids is 3. The van der Waals surface area contributed by atoms with Gasteiger partial charge in [-0.05, 0) is 36.4 Å². The van der Waals surface area contributed by atoms with Crippen LogP contribution in [0.4, 0.5) is 20.2 Å². The summed E-state index contributed by atoms with van der Waals surface area (Å²) in [7, 11) is 0. The van der Waals surface area contributed by atoms with Gasteiger partial charge in [-0.3, -0.25) is 14.4 Å². The Morgan fingerprint density at radius 3 is 2.59 bits per heavy atom. The van der Waals surface area contributed by atoms with Crippen LogP contribution in [-0.2, 0) is 19.1 Å². The summed E-state index contributed by atoms with van der Waals surface area (Å²) in [4.78, 5) is 36.8. The van der Waals surface area contributed by atoms with Crippen molar-refractivity contribution in [2.24, 2.45) is 0 Å². The number of alkyl halides is 2. The van der Waals surface area contributed by atoms with E-state index in [0.717, 1.165) is 4.90 Å². The lowest BCUT2D eigenvalue weighted by Crippen LogP contribution is -2.32. The van der Waals surface area contributed by atoms with Gasteiger partial charge in [0.2, 0.25) is 5.91 Å². The average molecular weight is 422 g/mol. The molecule has 0 saturated heterocycles. The lowest BCUT2D eigenvalue weighted by Gasteiger charge is -2.23. The van der Waals surface area contributed by atoms with E-state index in [9.17, 15) is 23.2 Å². The van der Waals surface area contributed by atoms with E-state index in [0.29, 0.717) is 11.4 Å². The van der Waals surface area contributed by atoms with Gasteiger partial charge in [0.05, 0.1) is 17.4 Å². The van der Waals surface area contributed by atoms with E-state index < -0.39 is 30.3 Å². The summed E-state index contributed by atoms with van der Waals surface area (Å²) in [6, 6.07) is 12.5. The van der Waals surface area contributed by atoms with Gasteiger partial charge in [0.1, 0.15) is 5.75 Å². The van der Waals surface area contributed by atoms with Crippen LogP contribution in [0.3, 0.4) is 0 Å². The number of carbonyl (C=O) groups is 3. The molecule has 2 aromatic rings. The smallest absolute Gasteiger partial charge is 0.387 e. The molecule has 0 radical (unpaired) electrons. The molecule has 7 nitrogen and oxygen atoms in total. The zero-order chi connectivity index (χ0) is 20.8. The minimum Gasteiger partial charge on any atom is -0.456 e. The third-order valence-corrected chi connectivity index (χ3v) is 5.06. The van der Waals surface area contributed by atoms with E-state index in [-0.39, 0.29) is 18.1 Å². The highest BCUT2D eigenvalue weighted by Crippen LogP contribution is 2.36. The maximum absolute atomic E-state index is 12.1. The molecular formula is C19H16F2N2O5S. The lowest BCUT2D eigenvalue weighted by atomic mass is 10.2. The topological polar surface area (TPSA) is 93.7 Å². The fraction of sp³-hybridized carbons (Fsp3) is 0.211. The number of benzene rings is 2. The number of ether oxygens (including phenoxy) is 2. The molecular weight excluding hydrogens is 406 g/mol. The minimum absolute atomic E-state index is 0.0470. The van der Waals surface area contributed by atoms with Crippen LogP contribution in [0.5, 0.6) is 5.75 Å². The van der Waals surface area contributed by atoms with Crippen LogP contribution in [-0.4, -0.2) is 36.3 Å². The predicted octanol–water partition coefficient (Wildman–Crippen LogP) is 3.27. The van der Waals surface area contributed by atoms with Crippen molar-refractivity contribution >= 4 is 40.9 Å². The number of amides is 2. The van der Waals surface area contributed by atoms with Crippen molar-refractivity contribution < 1.29 is 32.6 Å². The first-order valence-corrected chi connectivity index (χ1v) is 9.35. The van der Waals surface area contributed by atoms with Crippen LogP contribution < -0.4 is 15.4 Å². The summed E-state index contributed by atoms with van der Waals surface area (Å²) in [6.07, 6.45) is -0.183. The molecule has 1 aliphatic heterocycles. The number of fused-ring (bicyclic) bond motifs is 1. The molecule has 0 bridgehead atoms. The second-order valence-corrected chi connectivity index (χ2v) is 7.15. The third-order valence-electron chi connectivity index (χ3n) is 3.79. The molecule has 2 amide bonds. The first-order chi connectivity index (χ1) is 13.9. The van der Waals surface area contributed by atoms with Crippen LogP contribution in [0.2, 0.25) is 0 Å². The molecule has 0 saturated carbocycles. The molecule has 0 unspecified atom stereocenters. The maximum Gasteiger partial charge on any atom is 0.387 e. The molecule has 1 atom stereocenters. The predicted molar refractivity (Wildman–Crippen MR) is 102 cm³/mol. The Morgan fingerprint density at radius 1 is 1.14 bits per heavy atom. The molecule has 152 valence electrons. The third kappa shape index (κ3) is 5.92. The number of para-hydroxylation sites is 1. The highest BCUT2D eigenvalue weighted by atomic mass is 32.2. The van der Waals surface area contributed by atoms with Crippen molar-refractivity contribution in [3.8, 4) is 5.75 Å². The van der Waals surface area contributed by atoms with Gasteiger partial charge in [-0.15, -0.1) is 11.8 Å². The SMILES string of the molecule is O=C(COC(=O)C[C@H]1Sc2ccccc2NC1=O)Nc1ccc(OC(F)F)cc1. The van der Waals surface area contributed by atoms with Crippen molar-refractivity contribution in [2.45, 2.75) is 23.2 Å². The first-order valence-electron chi connectivity index (χ1n) is 8.47. The normalized spacial score (nSPS) is 15.3. The van der Waals surface area contributed by atoms with Gasteiger partial charge in [-0.25, -0.2) is 0 Å². The highest BCUT2D eigenvalue weighted by molar-refractivity contribution is 8.01. The average Bonchev–Trinajstić information content (AvgIpc) is 2.68. The van der Waals surface area contributed by atoms with Gasteiger partial charge in [-0.2, -0.15) is 8.78 Å². The number of anilines is 2. The molecule has 0 fully saturated rings. The summed E-state index contributed by atoms with van der Waals surface area (Å²) in [5.74, 6) is -1.64. The molecule has 2 N–H and O–H groups in total. The summed E-state index contributed by atoms with van der Waals surface area (Å²) >= 11 is 1.26. The molecule has 0 aliphatic carbocycles. The van der Waals surface area contributed by atoms with Gasteiger partial charge >= 0.3 is 12.6 Å². The van der Waals surface area contributed by atoms with E-state index in [1.165, 1.54) is 36.0 Å². The highest BCUT2D eigenvalue weighted by Gasteiger charge is 2.29. The molecule has 2 aromatic carbocycles. The number of esters is 1. The summed E-state index contributed by atoms with van der Waals surface area (Å²) in [5.41, 5.74) is 1.02.